The minimum Gasteiger partial charge on any atom is -0.480 e. The second-order valence-corrected chi connectivity index (χ2v) is 4.01. The number of nitrogens with one attached hydrogen (secondary N) is 1. The predicted molar refractivity (Wildman–Crippen MR) is 67.0 cm³/mol. The minimum absolute atomic E-state index is 0.242. The molecule has 8 nitrogen and oxygen atoms in total. The van der Waals surface area contributed by atoms with Crippen LogP contribution in [-0.4, -0.2) is 79.8 Å². The second kappa shape index (κ2) is 9.54. The van der Waals surface area contributed by atoms with E-state index in [0.717, 1.165) is 0 Å². The SMILES string of the molecule is COCCN(C(=O)N[C@@H](CO)C(=O)O)C(C)COC. The van der Waals surface area contributed by atoms with Gasteiger partial charge in [0, 0.05) is 20.8 Å². The Labute approximate surface area is 112 Å². The van der Waals surface area contributed by atoms with Crippen LogP contribution in [0.5, 0.6) is 0 Å². The zero-order chi connectivity index (χ0) is 14.8. The van der Waals surface area contributed by atoms with E-state index < -0.39 is 24.6 Å². The number of hydrogen-bond acceptors (Lipinski definition) is 5. The highest BCUT2D eigenvalue weighted by molar-refractivity contribution is 5.82. The summed E-state index contributed by atoms with van der Waals surface area (Å²) in [5.74, 6) is -1.29. The fourth-order valence-electron chi connectivity index (χ4n) is 1.46. The van der Waals surface area contributed by atoms with Gasteiger partial charge in [-0.15, -0.1) is 0 Å². The van der Waals surface area contributed by atoms with E-state index in [1.807, 2.05) is 0 Å². The first kappa shape index (κ1) is 17.6. The smallest absolute Gasteiger partial charge is 0.328 e. The number of carboxylic acid groups (broad SMARTS) is 1. The van der Waals surface area contributed by atoms with Gasteiger partial charge in [0.1, 0.15) is 0 Å². The zero-order valence-corrected chi connectivity index (χ0v) is 11.5. The van der Waals surface area contributed by atoms with Gasteiger partial charge in [-0.1, -0.05) is 0 Å². The summed E-state index contributed by atoms with van der Waals surface area (Å²) in [6.07, 6.45) is 0. The van der Waals surface area contributed by atoms with E-state index >= 15 is 0 Å². The number of carbonyl (C=O) groups excluding carboxylic acids is 1. The third-order valence-electron chi connectivity index (χ3n) is 2.52. The third kappa shape index (κ3) is 6.37. The average Bonchev–Trinajstić information content (AvgIpc) is 2.36. The number of aliphatic hydroxyl groups is 1. The van der Waals surface area contributed by atoms with Crippen LogP contribution in [0.4, 0.5) is 4.79 Å². The van der Waals surface area contributed by atoms with Crippen molar-refractivity contribution in [3.05, 3.63) is 0 Å². The molecule has 0 aliphatic heterocycles. The third-order valence-corrected chi connectivity index (χ3v) is 2.52. The van der Waals surface area contributed by atoms with Crippen LogP contribution < -0.4 is 5.32 Å². The van der Waals surface area contributed by atoms with E-state index in [1.165, 1.54) is 19.1 Å². The number of hydrogen-bond donors (Lipinski definition) is 3. The fourth-order valence-corrected chi connectivity index (χ4v) is 1.46. The van der Waals surface area contributed by atoms with Crippen molar-refractivity contribution in [2.45, 2.75) is 19.0 Å². The molecular weight excluding hydrogens is 256 g/mol. The van der Waals surface area contributed by atoms with Crippen LogP contribution in [0.3, 0.4) is 0 Å². The Morgan fingerprint density at radius 3 is 2.37 bits per heavy atom. The van der Waals surface area contributed by atoms with Gasteiger partial charge in [0.25, 0.3) is 0 Å². The highest BCUT2D eigenvalue weighted by Gasteiger charge is 2.25. The van der Waals surface area contributed by atoms with Crippen LogP contribution in [0.25, 0.3) is 0 Å². The summed E-state index contributed by atoms with van der Waals surface area (Å²) < 4.78 is 9.87. The number of methoxy groups -OCH3 is 2. The van der Waals surface area contributed by atoms with Crippen molar-refractivity contribution in [1.82, 2.24) is 10.2 Å². The summed E-state index contributed by atoms with van der Waals surface area (Å²) in [5.41, 5.74) is 0. The Bertz CT molecular complexity index is 286. The number of aliphatic hydroxyl groups excluding tert-OH is 1. The number of amides is 2. The number of nitrogens with zero attached hydrogens (tertiary/aromatic N) is 1. The van der Waals surface area contributed by atoms with Gasteiger partial charge in [0.15, 0.2) is 6.04 Å². The molecular formula is C11H22N2O6. The molecule has 0 rings (SSSR count). The minimum atomic E-state index is -1.33. The van der Waals surface area contributed by atoms with Crippen molar-refractivity contribution in [2.75, 3.05) is 40.6 Å². The summed E-state index contributed by atoms with van der Waals surface area (Å²) >= 11 is 0. The van der Waals surface area contributed by atoms with Gasteiger partial charge in [-0.05, 0) is 6.92 Å². The lowest BCUT2D eigenvalue weighted by atomic mass is 10.3. The number of urea groups is 1. The van der Waals surface area contributed by atoms with Crippen molar-refractivity contribution in [2.24, 2.45) is 0 Å². The standard InChI is InChI=1S/C11H22N2O6/c1-8(7-19-3)13(4-5-18-2)11(17)12-9(6-14)10(15)16/h8-9,14H,4-7H2,1-3H3,(H,12,17)(H,15,16)/t8?,9-/m0/s1. The molecule has 0 aliphatic carbocycles. The first-order chi connectivity index (χ1) is 8.97. The topological polar surface area (TPSA) is 108 Å². The Hall–Kier alpha value is -1.38. The van der Waals surface area contributed by atoms with Gasteiger partial charge in [-0.2, -0.15) is 0 Å². The molecule has 0 aromatic heterocycles. The second-order valence-electron chi connectivity index (χ2n) is 4.01. The van der Waals surface area contributed by atoms with Gasteiger partial charge in [-0.25, -0.2) is 9.59 Å². The molecule has 112 valence electrons. The van der Waals surface area contributed by atoms with Gasteiger partial charge in [0.05, 0.1) is 25.9 Å². The van der Waals surface area contributed by atoms with Crippen LogP contribution in [0.1, 0.15) is 6.92 Å². The van der Waals surface area contributed by atoms with Crippen LogP contribution >= 0.6 is 0 Å². The number of carboxylic acids is 1. The van der Waals surface area contributed by atoms with E-state index in [4.69, 9.17) is 19.7 Å². The Morgan fingerprint density at radius 1 is 1.32 bits per heavy atom. The first-order valence-electron chi connectivity index (χ1n) is 5.86. The van der Waals surface area contributed by atoms with E-state index in [9.17, 15) is 9.59 Å². The van der Waals surface area contributed by atoms with Crippen LogP contribution in [0.15, 0.2) is 0 Å². The molecule has 0 aromatic rings. The van der Waals surface area contributed by atoms with Crippen LogP contribution in [0, 0.1) is 0 Å². The molecule has 0 aromatic carbocycles. The van der Waals surface area contributed by atoms with Gasteiger partial charge < -0.3 is 29.9 Å². The molecule has 0 fully saturated rings. The zero-order valence-electron chi connectivity index (χ0n) is 11.5. The summed E-state index contributed by atoms with van der Waals surface area (Å²) in [5, 5.41) is 19.9. The number of ether oxygens (including phenoxy) is 2. The number of aliphatic carboxylic acids is 1. The Balaban J connectivity index is 4.64. The molecule has 0 spiro atoms. The quantitative estimate of drug-likeness (QED) is 0.505. The molecule has 19 heavy (non-hydrogen) atoms. The predicted octanol–water partition coefficient (Wildman–Crippen LogP) is -0.875. The summed E-state index contributed by atoms with van der Waals surface area (Å²) in [4.78, 5) is 24.1. The van der Waals surface area contributed by atoms with E-state index in [1.54, 1.807) is 6.92 Å². The van der Waals surface area contributed by atoms with Gasteiger partial charge in [-0.3, -0.25) is 0 Å². The molecule has 0 saturated carbocycles. The molecule has 8 heteroatoms. The summed E-state index contributed by atoms with van der Waals surface area (Å²) in [6, 6.07) is -2.15. The lowest BCUT2D eigenvalue weighted by molar-refractivity contribution is -0.140. The van der Waals surface area contributed by atoms with E-state index in [2.05, 4.69) is 5.32 Å². The average molecular weight is 278 g/mol. The van der Waals surface area contributed by atoms with Crippen molar-refractivity contribution < 1.29 is 29.3 Å². The highest BCUT2D eigenvalue weighted by Crippen LogP contribution is 2.01. The maximum atomic E-state index is 12.0. The van der Waals surface area contributed by atoms with E-state index in [0.29, 0.717) is 19.8 Å². The largest absolute Gasteiger partial charge is 0.480 e. The lowest BCUT2D eigenvalue weighted by Crippen LogP contribution is -2.53. The summed E-state index contributed by atoms with van der Waals surface area (Å²) in [6.45, 7) is 2.03. The Morgan fingerprint density at radius 2 is 1.95 bits per heavy atom. The van der Waals surface area contributed by atoms with Crippen LogP contribution in [-0.2, 0) is 14.3 Å². The molecule has 0 radical (unpaired) electrons. The first-order valence-corrected chi connectivity index (χ1v) is 5.86. The number of carbonyl (C=O) groups is 2. The monoisotopic (exact) mass is 278 g/mol. The molecule has 1 unspecified atom stereocenters. The molecule has 0 saturated heterocycles. The van der Waals surface area contributed by atoms with Crippen molar-refractivity contribution in [1.29, 1.82) is 0 Å². The molecule has 0 aliphatic rings. The van der Waals surface area contributed by atoms with Crippen molar-refractivity contribution in [3.63, 3.8) is 0 Å². The van der Waals surface area contributed by atoms with Crippen molar-refractivity contribution in [3.8, 4) is 0 Å². The van der Waals surface area contributed by atoms with E-state index in [-0.39, 0.29) is 6.04 Å². The van der Waals surface area contributed by atoms with Crippen LogP contribution in [0.2, 0.25) is 0 Å². The molecule has 3 N–H and O–H groups in total. The van der Waals surface area contributed by atoms with Gasteiger partial charge in [0.2, 0.25) is 0 Å². The molecule has 2 atom stereocenters. The number of rotatable bonds is 9. The lowest BCUT2D eigenvalue weighted by Gasteiger charge is -2.29. The maximum absolute atomic E-state index is 12.0. The fraction of sp³-hybridized carbons (Fsp3) is 0.818. The molecule has 2 amide bonds. The maximum Gasteiger partial charge on any atom is 0.328 e. The normalized spacial score (nSPS) is 13.7. The highest BCUT2D eigenvalue weighted by atomic mass is 16.5. The Kier molecular flexibility index (Phi) is 8.84. The summed E-state index contributed by atoms with van der Waals surface area (Å²) in [7, 11) is 3.02. The molecule has 0 heterocycles. The van der Waals surface area contributed by atoms with Crippen molar-refractivity contribution >= 4 is 12.0 Å². The van der Waals surface area contributed by atoms with Gasteiger partial charge >= 0.3 is 12.0 Å². The molecule has 0 bridgehead atoms.